The standard InChI is InChI=1S/C9H4N6S/c10-3-6-1-2-8-12-13-9(15(8)5-6)7-4-11-14-16-7/h1-2,4-5H. The summed E-state index contributed by atoms with van der Waals surface area (Å²) in [6, 6.07) is 5.54. The van der Waals surface area contributed by atoms with Crippen LogP contribution < -0.4 is 0 Å². The second-order valence-corrected chi connectivity index (χ2v) is 3.85. The summed E-state index contributed by atoms with van der Waals surface area (Å²) < 4.78 is 5.53. The van der Waals surface area contributed by atoms with Crippen molar-refractivity contribution in [2.24, 2.45) is 0 Å². The van der Waals surface area contributed by atoms with Crippen molar-refractivity contribution in [3.05, 3.63) is 30.1 Å². The molecular formula is C9H4N6S. The molecule has 6 nitrogen and oxygen atoms in total. The van der Waals surface area contributed by atoms with E-state index in [2.05, 4.69) is 25.9 Å². The zero-order chi connectivity index (χ0) is 11.0. The summed E-state index contributed by atoms with van der Waals surface area (Å²) in [6.07, 6.45) is 3.32. The molecule has 0 aliphatic rings. The monoisotopic (exact) mass is 228 g/mol. The first-order chi connectivity index (χ1) is 7.88. The summed E-state index contributed by atoms with van der Waals surface area (Å²) in [5.74, 6) is 0.655. The van der Waals surface area contributed by atoms with Crippen LogP contribution in [0.2, 0.25) is 0 Å². The van der Waals surface area contributed by atoms with Gasteiger partial charge in [0.25, 0.3) is 0 Å². The Balaban J connectivity index is 2.31. The van der Waals surface area contributed by atoms with Crippen LogP contribution in [-0.2, 0) is 0 Å². The fourth-order valence-corrected chi connectivity index (χ4v) is 1.89. The molecule has 0 aliphatic carbocycles. The highest BCUT2D eigenvalue weighted by atomic mass is 32.1. The number of nitriles is 1. The van der Waals surface area contributed by atoms with Gasteiger partial charge in [-0.15, -0.1) is 15.3 Å². The van der Waals surface area contributed by atoms with Crippen LogP contribution >= 0.6 is 11.5 Å². The van der Waals surface area contributed by atoms with E-state index in [0.717, 1.165) is 4.88 Å². The number of hydrogen-bond acceptors (Lipinski definition) is 6. The molecule has 0 spiro atoms. The van der Waals surface area contributed by atoms with Crippen LogP contribution in [0.25, 0.3) is 16.3 Å². The number of pyridine rings is 1. The third-order valence-electron chi connectivity index (χ3n) is 2.11. The SMILES string of the molecule is N#Cc1ccc2nnc(-c3cnns3)n2c1. The first-order valence-corrected chi connectivity index (χ1v) is 5.18. The Hall–Kier alpha value is -2.33. The van der Waals surface area contributed by atoms with Crippen molar-refractivity contribution in [3.8, 4) is 16.8 Å². The first-order valence-electron chi connectivity index (χ1n) is 4.41. The van der Waals surface area contributed by atoms with Crippen LogP contribution in [0.5, 0.6) is 0 Å². The van der Waals surface area contributed by atoms with E-state index in [4.69, 9.17) is 5.26 Å². The van der Waals surface area contributed by atoms with Crippen molar-refractivity contribution < 1.29 is 0 Å². The highest BCUT2D eigenvalue weighted by Crippen LogP contribution is 2.20. The second-order valence-electron chi connectivity index (χ2n) is 3.06. The van der Waals surface area contributed by atoms with Gasteiger partial charge in [-0.25, -0.2) is 0 Å². The van der Waals surface area contributed by atoms with E-state index in [1.165, 1.54) is 11.5 Å². The van der Waals surface area contributed by atoms with Crippen molar-refractivity contribution in [2.75, 3.05) is 0 Å². The lowest BCUT2D eigenvalue weighted by atomic mass is 10.3. The van der Waals surface area contributed by atoms with Gasteiger partial charge in [-0.2, -0.15) is 5.26 Å². The molecule has 0 N–H and O–H groups in total. The maximum Gasteiger partial charge on any atom is 0.181 e. The van der Waals surface area contributed by atoms with E-state index >= 15 is 0 Å². The molecule has 3 aromatic rings. The van der Waals surface area contributed by atoms with Gasteiger partial charge in [0.2, 0.25) is 0 Å². The van der Waals surface area contributed by atoms with Gasteiger partial charge in [-0.3, -0.25) is 4.40 Å². The highest BCUT2D eigenvalue weighted by Gasteiger charge is 2.10. The highest BCUT2D eigenvalue weighted by molar-refractivity contribution is 7.09. The molecule has 0 radical (unpaired) electrons. The average Bonchev–Trinajstić information content (AvgIpc) is 2.96. The molecule has 7 heteroatoms. The fourth-order valence-electron chi connectivity index (χ4n) is 1.39. The Morgan fingerprint density at radius 3 is 3.00 bits per heavy atom. The van der Waals surface area contributed by atoms with E-state index < -0.39 is 0 Å². The molecule has 0 amide bonds. The fraction of sp³-hybridized carbons (Fsp3) is 0. The van der Waals surface area contributed by atoms with Crippen LogP contribution in [0, 0.1) is 11.3 Å². The molecule has 0 aliphatic heterocycles. The van der Waals surface area contributed by atoms with E-state index in [0.29, 0.717) is 17.0 Å². The summed E-state index contributed by atoms with van der Waals surface area (Å²) in [5, 5.41) is 20.6. The zero-order valence-corrected chi connectivity index (χ0v) is 8.72. The van der Waals surface area contributed by atoms with Crippen molar-refractivity contribution in [3.63, 3.8) is 0 Å². The van der Waals surface area contributed by atoms with Crippen LogP contribution in [-0.4, -0.2) is 24.2 Å². The molecule has 0 saturated heterocycles. The Labute approximate surface area is 94.0 Å². The van der Waals surface area contributed by atoms with Gasteiger partial charge in [0.05, 0.1) is 11.8 Å². The number of rotatable bonds is 1. The predicted molar refractivity (Wildman–Crippen MR) is 56.6 cm³/mol. The van der Waals surface area contributed by atoms with E-state index in [1.54, 1.807) is 28.9 Å². The van der Waals surface area contributed by atoms with Gasteiger partial charge < -0.3 is 0 Å². The van der Waals surface area contributed by atoms with Crippen molar-refractivity contribution in [1.29, 1.82) is 5.26 Å². The van der Waals surface area contributed by atoms with Crippen LogP contribution in [0.15, 0.2) is 24.5 Å². The summed E-state index contributed by atoms with van der Waals surface area (Å²) in [6.45, 7) is 0. The predicted octanol–water partition coefficient (Wildman–Crippen LogP) is 1.12. The van der Waals surface area contributed by atoms with Gasteiger partial charge in [-0.1, -0.05) is 4.49 Å². The number of aromatic nitrogens is 5. The minimum Gasteiger partial charge on any atom is -0.280 e. The van der Waals surface area contributed by atoms with Gasteiger partial charge in [0.1, 0.15) is 10.9 Å². The Morgan fingerprint density at radius 2 is 2.25 bits per heavy atom. The van der Waals surface area contributed by atoms with E-state index in [-0.39, 0.29) is 0 Å². The molecule has 0 saturated carbocycles. The quantitative estimate of drug-likeness (QED) is 0.623. The third kappa shape index (κ3) is 1.24. The maximum atomic E-state index is 8.83. The molecule has 0 atom stereocenters. The average molecular weight is 228 g/mol. The van der Waals surface area contributed by atoms with Gasteiger partial charge in [0.15, 0.2) is 11.5 Å². The van der Waals surface area contributed by atoms with E-state index in [1.807, 2.05) is 0 Å². The molecule has 16 heavy (non-hydrogen) atoms. The molecule has 0 aromatic carbocycles. The van der Waals surface area contributed by atoms with Gasteiger partial charge >= 0.3 is 0 Å². The van der Waals surface area contributed by atoms with Crippen molar-refractivity contribution in [2.45, 2.75) is 0 Å². The second kappa shape index (κ2) is 3.36. The molecule has 0 fully saturated rings. The third-order valence-corrected chi connectivity index (χ3v) is 2.77. The normalized spacial score (nSPS) is 10.4. The Bertz CT molecular complexity index is 678. The minimum absolute atomic E-state index is 0.561. The van der Waals surface area contributed by atoms with Crippen molar-refractivity contribution >= 4 is 17.2 Å². The molecule has 3 rings (SSSR count). The molecule has 0 unspecified atom stereocenters. The smallest absolute Gasteiger partial charge is 0.181 e. The molecule has 0 bridgehead atoms. The Kier molecular flexibility index (Phi) is 1.88. The number of fused-ring (bicyclic) bond motifs is 1. The van der Waals surface area contributed by atoms with Gasteiger partial charge in [-0.05, 0) is 23.7 Å². The largest absolute Gasteiger partial charge is 0.280 e. The Morgan fingerprint density at radius 1 is 1.31 bits per heavy atom. The lowest BCUT2D eigenvalue weighted by Crippen LogP contribution is -1.89. The molecule has 76 valence electrons. The lowest BCUT2D eigenvalue weighted by molar-refractivity contribution is 1.11. The molecular weight excluding hydrogens is 224 g/mol. The van der Waals surface area contributed by atoms with Crippen LogP contribution in [0.3, 0.4) is 0 Å². The summed E-state index contributed by atoms with van der Waals surface area (Å²) in [5.41, 5.74) is 1.26. The minimum atomic E-state index is 0.561. The van der Waals surface area contributed by atoms with Gasteiger partial charge in [0, 0.05) is 6.20 Å². The summed E-state index contributed by atoms with van der Waals surface area (Å²) in [7, 11) is 0. The summed E-state index contributed by atoms with van der Waals surface area (Å²) in [4.78, 5) is 0.822. The lowest BCUT2D eigenvalue weighted by Gasteiger charge is -1.95. The van der Waals surface area contributed by atoms with Crippen LogP contribution in [0.4, 0.5) is 0 Å². The number of nitrogens with zero attached hydrogens (tertiary/aromatic N) is 6. The zero-order valence-electron chi connectivity index (χ0n) is 7.90. The number of hydrogen-bond donors (Lipinski definition) is 0. The summed E-state index contributed by atoms with van der Waals surface area (Å²) >= 11 is 1.24. The van der Waals surface area contributed by atoms with E-state index in [9.17, 15) is 0 Å². The topological polar surface area (TPSA) is 79.8 Å². The maximum absolute atomic E-state index is 8.83. The van der Waals surface area contributed by atoms with Crippen LogP contribution in [0.1, 0.15) is 5.56 Å². The molecule has 3 heterocycles. The first kappa shape index (κ1) is 8.94. The molecule has 3 aromatic heterocycles. The van der Waals surface area contributed by atoms with Crippen molar-refractivity contribution in [1.82, 2.24) is 24.2 Å².